The molecule has 2 heterocycles. The van der Waals surface area contributed by atoms with Crippen LogP contribution in [0.5, 0.6) is 0 Å². The molecule has 0 amide bonds. The Bertz CT molecular complexity index is 642. The predicted molar refractivity (Wildman–Crippen MR) is 112 cm³/mol. The van der Waals surface area contributed by atoms with Crippen LogP contribution >= 0.6 is 31.9 Å². The Morgan fingerprint density at radius 2 is 1.44 bits per heavy atom. The average molecular weight is 490 g/mol. The molecule has 0 fully saturated rings. The Hall–Kier alpha value is -0.603. The first-order valence-corrected chi connectivity index (χ1v) is 12.5. The number of pyridine rings is 2. The molecule has 138 valence electrons. The van der Waals surface area contributed by atoms with Crippen LogP contribution in [-0.2, 0) is 17.6 Å². The van der Waals surface area contributed by atoms with Gasteiger partial charge in [0, 0.05) is 12.4 Å². The highest BCUT2D eigenvalue weighted by atomic mass is 79.9. The lowest BCUT2D eigenvalue weighted by atomic mass is 10.2. The Labute approximate surface area is 168 Å². The molecule has 7 heteroatoms. The monoisotopic (exact) mass is 488 g/mol. The molecule has 2 rings (SSSR count). The van der Waals surface area contributed by atoms with Gasteiger partial charge in [0.2, 0.25) is 0 Å². The Kier molecular flexibility index (Phi) is 8.90. The first-order chi connectivity index (χ1) is 11.5. The largest absolute Gasteiger partial charge is 0.413 e. The molecule has 0 spiro atoms. The first-order valence-electron chi connectivity index (χ1n) is 8.01. The smallest absolute Gasteiger partial charge is 0.192 e. The summed E-state index contributed by atoms with van der Waals surface area (Å²) in [6.07, 6.45) is 3.49. The summed E-state index contributed by atoms with van der Waals surface area (Å²) in [6.45, 7) is 12.0. The lowest BCUT2D eigenvalue weighted by Gasteiger charge is -2.36. The van der Waals surface area contributed by atoms with Gasteiger partial charge < -0.3 is 9.53 Å². The second kappa shape index (κ2) is 9.92. The van der Waals surface area contributed by atoms with Gasteiger partial charge in [-0.25, -0.2) is 9.97 Å². The van der Waals surface area contributed by atoms with E-state index in [1.807, 2.05) is 24.4 Å². The van der Waals surface area contributed by atoms with Gasteiger partial charge in [-0.3, -0.25) is 0 Å². The second-order valence-electron chi connectivity index (χ2n) is 7.19. The van der Waals surface area contributed by atoms with Crippen LogP contribution in [0, 0.1) is 0 Å². The zero-order valence-electron chi connectivity index (χ0n) is 15.4. The van der Waals surface area contributed by atoms with Crippen molar-refractivity contribution in [2.75, 3.05) is 0 Å². The fraction of sp³-hybridized carbons (Fsp3) is 0.444. The number of halogens is 2. The van der Waals surface area contributed by atoms with E-state index in [0.717, 1.165) is 20.3 Å². The molecule has 25 heavy (non-hydrogen) atoms. The minimum Gasteiger partial charge on any atom is -0.413 e. The van der Waals surface area contributed by atoms with Crippen molar-refractivity contribution >= 4 is 40.2 Å². The van der Waals surface area contributed by atoms with E-state index in [1.54, 1.807) is 12.3 Å². The lowest BCUT2D eigenvalue weighted by molar-refractivity contribution is 0.276. The molecule has 2 aromatic heterocycles. The summed E-state index contributed by atoms with van der Waals surface area (Å²) in [5, 5.41) is 8.83. The third-order valence-corrected chi connectivity index (χ3v) is 9.58. The summed E-state index contributed by atoms with van der Waals surface area (Å²) in [5.74, 6) is 0. The molecular weight excluding hydrogens is 464 g/mol. The van der Waals surface area contributed by atoms with Crippen LogP contribution in [0.25, 0.3) is 0 Å². The zero-order valence-corrected chi connectivity index (χ0v) is 19.6. The molecule has 0 saturated carbocycles. The molecule has 0 unspecified atom stereocenters. The van der Waals surface area contributed by atoms with Gasteiger partial charge in [-0.15, -0.1) is 0 Å². The third-order valence-electron chi connectivity index (χ3n) is 4.17. The molecule has 2 aromatic rings. The minimum absolute atomic E-state index is 0.0558. The first kappa shape index (κ1) is 22.4. The van der Waals surface area contributed by atoms with Crippen molar-refractivity contribution in [1.29, 1.82) is 0 Å². The van der Waals surface area contributed by atoms with E-state index >= 15 is 0 Å². The summed E-state index contributed by atoms with van der Waals surface area (Å²) in [6, 6.07) is 7.61. The highest BCUT2D eigenvalue weighted by molar-refractivity contribution is 9.10. The molecule has 0 bridgehead atoms. The van der Waals surface area contributed by atoms with Crippen molar-refractivity contribution in [3.05, 3.63) is 57.0 Å². The quantitative estimate of drug-likeness (QED) is 0.441. The third kappa shape index (κ3) is 8.09. The highest BCUT2D eigenvalue weighted by Crippen LogP contribution is 2.37. The number of rotatable bonds is 4. The van der Waals surface area contributed by atoms with E-state index in [1.165, 1.54) is 0 Å². The summed E-state index contributed by atoms with van der Waals surface area (Å²) < 4.78 is 7.76. The molecule has 0 aliphatic rings. The van der Waals surface area contributed by atoms with Crippen molar-refractivity contribution in [1.82, 2.24) is 9.97 Å². The summed E-state index contributed by atoms with van der Waals surface area (Å²) in [5.41, 5.74) is 1.96. The van der Waals surface area contributed by atoms with Gasteiger partial charge in [-0.1, -0.05) is 32.9 Å². The van der Waals surface area contributed by atoms with Crippen LogP contribution in [0.3, 0.4) is 0 Å². The van der Waals surface area contributed by atoms with Crippen LogP contribution in [0.15, 0.2) is 45.9 Å². The Balaban J connectivity index is 0.000000293. The molecule has 0 aliphatic carbocycles. The van der Waals surface area contributed by atoms with Crippen molar-refractivity contribution in [2.24, 2.45) is 0 Å². The van der Waals surface area contributed by atoms with Crippen molar-refractivity contribution in [2.45, 2.75) is 52.1 Å². The topological polar surface area (TPSA) is 55.2 Å². The standard InChI is InChI=1S/C12H20BrNOSi.C6H6BrNO/c1-12(2,3)16(4,5)15-9-10-6-7-11(13)14-8-10;7-6-2-1-5(4-9)3-8-6/h6-8H,9H2,1-5H3;1-3,9H,4H2. The van der Waals surface area contributed by atoms with Gasteiger partial charge in [0.25, 0.3) is 0 Å². The van der Waals surface area contributed by atoms with Crippen molar-refractivity contribution in [3.8, 4) is 0 Å². The molecule has 1 N–H and O–H groups in total. The molecular formula is C18H26Br2N2O2Si. The highest BCUT2D eigenvalue weighted by Gasteiger charge is 2.36. The van der Waals surface area contributed by atoms with Gasteiger partial charge in [0.05, 0.1) is 13.2 Å². The normalized spacial score (nSPS) is 11.7. The maximum Gasteiger partial charge on any atom is 0.192 e. The van der Waals surface area contributed by atoms with Gasteiger partial charge in [-0.2, -0.15) is 0 Å². The predicted octanol–water partition coefficient (Wildman–Crippen LogP) is 5.70. The molecule has 0 aliphatic heterocycles. The van der Waals surface area contributed by atoms with Crippen LogP contribution < -0.4 is 0 Å². The zero-order chi connectivity index (χ0) is 19.1. The summed E-state index contributed by atoms with van der Waals surface area (Å²) in [4.78, 5) is 8.10. The number of aromatic nitrogens is 2. The van der Waals surface area contributed by atoms with E-state index in [-0.39, 0.29) is 11.6 Å². The van der Waals surface area contributed by atoms with Crippen LogP contribution in [0.2, 0.25) is 18.1 Å². The van der Waals surface area contributed by atoms with E-state index in [0.29, 0.717) is 6.61 Å². The second-order valence-corrected chi connectivity index (χ2v) is 13.6. The molecule has 0 saturated heterocycles. The summed E-state index contributed by atoms with van der Waals surface area (Å²) >= 11 is 6.51. The number of hydrogen-bond acceptors (Lipinski definition) is 4. The van der Waals surface area contributed by atoms with Gasteiger partial charge >= 0.3 is 0 Å². The van der Waals surface area contributed by atoms with E-state index in [9.17, 15) is 0 Å². The van der Waals surface area contributed by atoms with Gasteiger partial charge in [0.1, 0.15) is 9.21 Å². The van der Waals surface area contributed by atoms with Gasteiger partial charge in [-0.05, 0) is 73.3 Å². The molecule has 0 radical (unpaired) electrons. The fourth-order valence-corrected chi connectivity index (χ4v) is 2.90. The van der Waals surface area contributed by atoms with Crippen molar-refractivity contribution < 1.29 is 9.53 Å². The van der Waals surface area contributed by atoms with Crippen LogP contribution in [-0.4, -0.2) is 23.4 Å². The average Bonchev–Trinajstić information content (AvgIpc) is 2.55. The lowest BCUT2D eigenvalue weighted by Crippen LogP contribution is -2.40. The number of aliphatic hydroxyl groups is 1. The minimum atomic E-state index is -1.64. The van der Waals surface area contributed by atoms with Crippen molar-refractivity contribution in [3.63, 3.8) is 0 Å². The van der Waals surface area contributed by atoms with E-state index < -0.39 is 8.32 Å². The SMILES string of the molecule is CC(C)(C)[Si](C)(C)OCc1ccc(Br)nc1.OCc1ccc(Br)nc1. The number of nitrogens with zero attached hydrogens (tertiary/aromatic N) is 2. The molecule has 4 nitrogen and oxygen atoms in total. The number of hydrogen-bond donors (Lipinski definition) is 1. The van der Waals surface area contributed by atoms with Crippen LogP contribution in [0.4, 0.5) is 0 Å². The van der Waals surface area contributed by atoms with E-state index in [4.69, 9.17) is 9.53 Å². The van der Waals surface area contributed by atoms with Gasteiger partial charge in [0.15, 0.2) is 8.32 Å². The molecule has 0 atom stereocenters. The Morgan fingerprint density at radius 1 is 0.960 bits per heavy atom. The Morgan fingerprint density at radius 3 is 1.80 bits per heavy atom. The maximum atomic E-state index is 8.57. The summed E-state index contributed by atoms with van der Waals surface area (Å²) in [7, 11) is -1.64. The van der Waals surface area contributed by atoms with E-state index in [2.05, 4.69) is 75.7 Å². The van der Waals surface area contributed by atoms with Crippen LogP contribution in [0.1, 0.15) is 31.9 Å². The maximum absolute atomic E-state index is 8.57. The molecule has 0 aromatic carbocycles. The fourth-order valence-electron chi connectivity index (χ4n) is 1.47. The number of aliphatic hydroxyl groups excluding tert-OH is 1.